The Morgan fingerprint density at radius 3 is 2.26 bits per heavy atom. The Labute approximate surface area is 210 Å². The molecule has 2 aliphatic carbocycles. The van der Waals surface area contributed by atoms with Crippen molar-refractivity contribution in [3.63, 3.8) is 0 Å². The maximum absolute atomic E-state index is 14.0. The summed E-state index contributed by atoms with van der Waals surface area (Å²) in [7, 11) is 0. The number of ether oxygens (including phenoxy) is 1. The fraction of sp³-hybridized carbons (Fsp3) is 0.609. The van der Waals surface area contributed by atoms with Crippen molar-refractivity contribution < 1.29 is 71.7 Å². The number of rotatable bonds is 1. The van der Waals surface area contributed by atoms with E-state index in [0.717, 1.165) is 44.1 Å². The van der Waals surface area contributed by atoms with Crippen molar-refractivity contribution in [1.82, 2.24) is 0 Å². The first-order chi connectivity index (χ1) is 12.7. The van der Waals surface area contributed by atoms with E-state index < -0.39 is 11.6 Å². The average molecular weight is 443 g/mol. The van der Waals surface area contributed by atoms with E-state index in [1.807, 2.05) is 0 Å². The van der Waals surface area contributed by atoms with Crippen LogP contribution in [0.5, 0.6) is 5.75 Å². The van der Waals surface area contributed by atoms with Crippen LogP contribution in [0.25, 0.3) is 0 Å². The molecule has 1 aromatic rings. The fourth-order valence-electron chi connectivity index (χ4n) is 4.68. The van der Waals surface area contributed by atoms with E-state index in [1.165, 1.54) is 31.7 Å². The van der Waals surface area contributed by atoms with E-state index >= 15 is 0 Å². The zero-order valence-corrected chi connectivity index (χ0v) is 21.2. The summed E-state index contributed by atoms with van der Waals surface area (Å²) in [5.41, 5.74) is 0.796. The van der Waals surface area contributed by atoms with Crippen LogP contribution in [0, 0.1) is 47.6 Å². The average Bonchev–Trinajstić information content (AvgIpc) is 2.70. The van der Waals surface area contributed by atoms with Gasteiger partial charge in [-0.2, -0.15) is 17.2 Å². The Hall–Kier alpha value is 0.245. The molecule has 1 aliphatic heterocycles. The van der Waals surface area contributed by atoms with Crippen LogP contribution in [0.2, 0.25) is 0 Å². The molecule has 1 nitrogen and oxygen atoms in total. The van der Waals surface area contributed by atoms with Crippen molar-refractivity contribution in [2.75, 3.05) is 0 Å². The molecule has 140 valence electrons. The molecule has 0 bridgehead atoms. The summed E-state index contributed by atoms with van der Waals surface area (Å²) in [4.78, 5) is 0. The molecular weight excluding hydrogens is 416 g/mol. The number of aryl methyl sites for hydroxylation is 1. The van der Waals surface area contributed by atoms with Crippen molar-refractivity contribution >= 4 is 0 Å². The van der Waals surface area contributed by atoms with Gasteiger partial charge < -0.3 is 11.2 Å². The third-order valence-corrected chi connectivity index (χ3v) is 6.33. The molecule has 1 heterocycles. The molecule has 2 saturated carbocycles. The molecular formula is C23H27F2ORb. The summed E-state index contributed by atoms with van der Waals surface area (Å²) in [6.07, 6.45) is 13.3. The topological polar surface area (TPSA) is 9.23 Å². The molecule has 2 fully saturated rings. The van der Waals surface area contributed by atoms with Crippen LogP contribution in [-0.4, -0.2) is 6.10 Å². The van der Waals surface area contributed by atoms with Gasteiger partial charge in [-0.1, -0.05) is 30.7 Å². The molecule has 3 aliphatic rings. The summed E-state index contributed by atoms with van der Waals surface area (Å²) in [5.74, 6) is 7.10. The van der Waals surface area contributed by atoms with Gasteiger partial charge in [0.15, 0.2) is 11.6 Å². The van der Waals surface area contributed by atoms with Gasteiger partial charge in [0.05, 0.1) is 0 Å². The minimum absolute atomic E-state index is 0. The summed E-state index contributed by atoms with van der Waals surface area (Å²) in [6.45, 7) is 0. The predicted molar refractivity (Wildman–Crippen MR) is 98.6 cm³/mol. The Balaban J connectivity index is 0.00000210. The van der Waals surface area contributed by atoms with Crippen LogP contribution < -0.4 is 62.9 Å². The Bertz CT molecular complexity index is 694. The summed E-state index contributed by atoms with van der Waals surface area (Å²) >= 11 is 0. The second kappa shape index (κ2) is 10.3. The van der Waals surface area contributed by atoms with Crippen LogP contribution in [0.15, 0.2) is 12.1 Å². The molecule has 4 rings (SSSR count). The molecule has 0 N–H and O–H groups in total. The molecule has 4 heteroatoms. The first-order valence-electron chi connectivity index (χ1n) is 10.2. The Morgan fingerprint density at radius 2 is 1.56 bits per heavy atom. The van der Waals surface area contributed by atoms with Gasteiger partial charge in [-0.05, 0) is 56.1 Å². The number of hydrogen-bond acceptors (Lipinski definition) is 1. The molecule has 0 radical (unpaired) electrons. The quantitative estimate of drug-likeness (QED) is 0.480. The molecule has 0 saturated heterocycles. The molecule has 1 atom stereocenters. The van der Waals surface area contributed by atoms with Crippen molar-refractivity contribution in [2.45, 2.75) is 70.3 Å². The molecule has 1 unspecified atom stereocenters. The van der Waals surface area contributed by atoms with Crippen LogP contribution >= 0.6 is 0 Å². The zero-order valence-electron chi connectivity index (χ0n) is 16.3. The van der Waals surface area contributed by atoms with Gasteiger partial charge in [0.2, 0.25) is 5.82 Å². The monoisotopic (exact) mass is 442 g/mol. The van der Waals surface area contributed by atoms with Crippen molar-refractivity contribution in [2.24, 2.45) is 17.8 Å². The normalized spacial score (nSPS) is 28.1. The Kier molecular flexibility index (Phi) is 8.39. The van der Waals surface area contributed by atoms with Gasteiger partial charge in [0, 0.05) is 11.8 Å². The summed E-state index contributed by atoms with van der Waals surface area (Å²) < 4.78 is 33.5. The number of benzene rings is 1. The number of halogens is 2. The minimum atomic E-state index is -0.823. The zero-order chi connectivity index (χ0) is 17.9. The van der Waals surface area contributed by atoms with E-state index in [4.69, 9.17) is 4.74 Å². The van der Waals surface area contributed by atoms with Crippen molar-refractivity contribution in [1.29, 1.82) is 0 Å². The fourth-order valence-corrected chi connectivity index (χ4v) is 4.68. The van der Waals surface area contributed by atoms with Gasteiger partial charge in [-0.25, -0.2) is 4.39 Å². The minimum Gasteiger partial charge on any atom is -0.487 e. The smallest absolute Gasteiger partial charge is 0.487 e. The van der Waals surface area contributed by atoms with E-state index in [0.29, 0.717) is 17.8 Å². The third-order valence-electron chi connectivity index (χ3n) is 6.33. The molecule has 1 aromatic carbocycles. The van der Waals surface area contributed by atoms with Gasteiger partial charge in [-0.3, -0.25) is 0 Å². The summed E-state index contributed by atoms with van der Waals surface area (Å²) in [5, 5.41) is 0. The van der Waals surface area contributed by atoms with Gasteiger partial charge in [-0.15, -0.1) is 0 Å². The second-order valence-corrected chi connectivity index (χ2v) is 8.09. The first kappa shape index (κ1) is 21.9. The van der Waals surface area contributed by atoms with E-state index in [9.17, 15) is 8.78 Å². The maximum atomic E-state index is 14.0. The van der Waals surface area contributed by atoms with Crippen LogP contribution in [0.3, 0.4) is 0 Å². The van der Waals surface area contributed by atoms with E-state index in [2.05, 4.69) is 18.3 Å². The maximum Gasteiger partial charge on any atom is 1.00 e. The largest absolute Gasteiger partial charge is 1.00 e. The van der Waals surface area contributed by atoms with Crippen LogP contribution in [0.1, 0.15) is 63.4 Å². The summed E-state index contributed by atoms with van der Waals surface area (Å²) in [6, 6.07) is 2.85. The molecule has 0 spiro atoms. The third kappa shape index (κ3) is 5.44. The van der Waals surface area contributed by atoms with Gasteiger partial charge >= 0.3 is 58.2 Å². The molecule has 0 aromatic heterocycles. The first-order valence-corrected chi connectivity index (χ1v) is 10.2. The van der Waals surface area contributed by atoms with Crippen molar-refractivity contribution in [3.05, 3.63) is 35.8 Å². The van der Waals surface area contributed by atoms with Gasteiger partial charge in [0.1, 0.15) is 6.10 Å². The SMILES string of the molecule is Fc1ccc2c(c1F)OC(C1CCC(C#CC3CC[CH-]CC3)CC1)CC2.[Rb+]. The number of fused-ring (bicyclic) bond motifs is 1. The Morgan fingerprint density at radius 1 is 0.889 bits per heavy atom. The van der Waals surface area contributed by atoms with E-state index in [-0.39, 0.29) is 70.0 Å². The van der Waals surface area contributed by atoms with E-state index in [1.54, 1.807) is 6.07 Å². The predicted octanol–water partition coefficient (Wildman–Crippen LogP) is 2.87. The molecule has 27 heavy (non-hydrogen) atoms. The standard InChI is InChI=1S/C23H27F2O.Rb/c24-20-14-12-19-13-15-21(26-23(19)22(20)25)18-10-8-17(9-11-18)7-6-16-4-2-1-3-5-16;/h1,12,14,16-18,21H,2-5,8-11,13,15H2;/q-1;+1. The second-order valence-electron chi connectivity index (χ2n) is 8.09. The van der Waals surface area contributed by atoms with Crippen molar-refractivity contribution in [3.8, 4) is 17.6 Å². The van der Waals surface area contributed by atoms with Crippen LogP contribution in [-0.2, 0) is 6.42 Å². The number of hydrogen-bond donors (Lipinski definition) is 0. The van der Waals surface area contributed by atoms with Gasteiger partial charge in [0.25, 0.3) is 0 Å². The molecule has 0 amide bonds. The van der Waals surface area contributed by atoms with Crippen LogP contribution in [0.4, 0.5) is 8.78 Å².